The Kier molecular flexibility index (Phi) is 5.27. The second-order valence-corrected chi connectivity index (χ2v) is 6.40. The van der Waals surface area contributed by atoms with Gasteiger partial charge in [0.1, 0.15) is 0 Å². The summed E-state index contributed by atoms with van der Waals surface area (Å²) in [6.45, 7) is 2.30. The molecular weight excluding hydrogens is 302 g/mol. The number of aliphatic imine (C=N–C) groups is 1. The Hall–Kier alpha value is -1.90. The topological polar surface area (TPSA) is 38.1 Å². The molecule has 1 heterocycles. The molecule has 3 nitrogen and oxygen atoms in total. The van der Waals surface area contributed by atoms with Crippen LogP contribution in [0, 0.1) is 5.92 Å². The van der Waals surface area contributed by atoms with E-state index in [-0.39, 0.29) is 0 Å². The molecule has 118 valence electrons. The van der Waals surface area contributed by atoms with Crippen LogP contribution < -0.4 is 0 Å². The monoisotopic (exact) mass is 323 g/mol. The molecule has 4 heteroatoms. The van der Waals surface area contributed by atoms with Crippen molar-refractivity contribution in [1.29, 1.82) is 0 Å². The van der Waals surface area contributed by atoms with E-state index in [4.69, 9.17) is 0 Å². The lowest BCUT2D eigenvalue weighted by atomic mass is 9.78. The maximum Gasteiger partial charge on any atom is 0.159 e. The van der Waals surface area contributed by atoms with E-state index in [1.807, 2.05) is 36.7 Å². The molecule has 0 unspecified atom stereocenters. The van der Waals surface area contributed by atoms with E-state index in [1.165, 1.54) is 37.7 Å². The SMILES string of the molecule is CC[C@H]1CC[C@H](c2cnc(-c3ccc(N=C=S)cc3)nc2)CC1. The standard InChI is InChI=1S/C19H21N3S/c1-2-14-3-5-15(6-4-14)17-11-20-19(21-12-17)16-7-9-18(10-8-16)22-13-23/h7-12,14-15H,2-6H2,1H3/t14-,15-. The van der Waals surface area contributed by atoms with Crippen molar-refractivity contribution in [2.45, 2.75) is 44.9 Å². The van der Waals surface area contributed by atoms with Gasteiger partial charge in [-0.05, 0) is 79.6 Å². The second kappa shape index (κ2) is 7.58. The van der Waals surface area contributed by atoms with Gasteiger partial charge in [0.25, 0.3) is 0 Å². The summed E-state index contributed by atoms with van der Waals surface area (Å²) in [5, 5.41) is 2.37. The van der Waals surface area contributed by atoms with Crippen molar-refractivity contribution in [3.63, 3.8) is 0 Å². The smallest absolute Gasteiger partial charge is 0.159 e. The van der Waals surface area contributed by atoms with Gasteiger partial charge in [-0.2, -0.15) is 4.99 Å². The van der Waals surface area contributed by atoms with Crippen molar-refractivity contribution >= 4 is 23.1 Å². The molecule has 0 amide bonds. The van der Waals surface area contributed by atoms with Gasteiger partial charge in [-0.15, -0.1) is 0 Å². The van der Waals surface area contributed by atoms with Crippen LogP contribution in [0.2, 0.25) is 0 Å². The maximum atomic E-state index is 4.61. The number of hydrogen-bond donors (Lipinski definition) is 0. The quantitative estimate of drug-likeness (QED) is 0.546. The molecule has 2 aromatic rings. The summed E-state index contributed by atoms with van der Waals surface area (Å²) in [5.74, 6) is 2.31. The van der Waals surface area contributed by atoms with Gasteiger partial charge in [0.2, 0.25) is 0 Å². The number of aromatic nitrogens is 2. The predicted molar refractivity (Wildman–Crippen MR) is 97.1 cm³/mol. The van der Waals surface area contributed by atoms with Crippen LogP contribution in [0.1, 0.15) is 50.5 Å². The molecule has 0 bridgehead atoms. The van der Waals surface area contributed by atoms with Crippen LogP contribution in [-0.4, -0.2) is 15.1 Å². The number of rotatable bonds is 4. The largest absolute Gasteiger partial charge is 0.236 e. The summed E-state index contributed by atoms with van der Waals surface area (Å²) in [5.41, 5.74) is 3.08. The van der Waals surface area contributed by atoms with Crippen LogP contribution in [0.15, 0.2) is 41.7 Å². The second-order valence-electron chi connectivity index (χ2n) is 6.22. The molecule has 0 spiro atoms. The summed E-state index contributed by atoms with van der Waals surface area (Å²) in [7, 11) is 0. The summed E-state index contributed by atoms with van der Waals surface area (Å²) in [6, 6.07) is 7.73. The highest BCUT2D eigenvalue weighted by Gasteiger charge is 2.21. The fourth-order valence-corrected chi connectivity index (χ4v) is 3.45. The lowest BCUT2D eigenvalue weighted by Crippen LogP contribution is -2.13. The van der Waals surface area contributed by atoms with Gasteiger partial charge in [-0.3, -0.25) is 0 Å². The number of nitrogens with zero attached hydrogens (tertiary/aromatic N) is 3. The van der Waals surface area contributed by atoms with Crippen molar-refractivity contribution in [2.24, 2.45) is 10.9 Å². The van der Waals surface area contributed by atoms with Crippen molar-refractivity contribution < 1.29 is 0 Å². The number of isothiocyanates is 1. The molecule has 1 aliphatic rings. The Balaban J connectivity index is 1.70. The molecule has 1 fully saturated rings. The van der Waals surface area contributed by atoms with Gasteiger partial charge in [-0.1, -0.05) is 13.3 Å². The van der Waals surface area contributed by atoms with Gasteiger partial charge >= 0.3 is 0 Å². The van der Waals surface area contributed by atoms with Gasteiger partial charge < -0.3 is 0 Å². The van der Waals surface area contributed by atoms with Crippen LogP contribution in [0.3, 0.4) is 0 Å². The van der Waals surface area contributed by atoms with Crippen LogP contribution in [-0.2, 0) is 0 Å². The zero-order valence-electron chi connectivity index (χ0n) is 13.4. The molecule has 0 N–H and O–H groups in total. The Bertz CT molecular complexity index is 680. The normalized spacial score (nSPS) is 20.7. The average Bonchev–Trinajstić information content (AvgIpc) is 2.63. The summed E-state index contributed by atoms with van der Waals surface area (Å²) < 4.78 is 0. The molecule has 1 aromatic heterocycles. The maximum absolute atomic E-state index is 4.61. The summed E-state index contributed by atoms with van der Waals surface area (Å²) in [6.07, 6.45) is 10.5. The zero-order valence-corrected chi connectivity index (χ0v) is 14.2. The molecule has 3 rings (SSSR count). The minimum absolute atomic E-state index is 0.631. The van der Waals surface area contributed by atoms with Crippen molar-refractivity contribution in [1.82, 2.24) is 9.97 Å². The molecule has 1 aromatic carbocycles. The number of thiocarbonyl (C=S) groups is 1. The van der Waals surface area contributed by atoms with Crippen LogP contribution in [0.25, 0.3) is 11.4 Å². The Morgan fingerprint density at radius 2 is 1.74 bits per heavy atom. The highest BCUT2D eigenvalue weighted by atomic mass is 32.1. The first-order valence-corrected chi connectivity index (χ1v) is 8.71. The summed E-state index contributed by atoms with van der Waals surface area (Å²) >= 11 is 4.61. The fourth-order valence-electron chi connectivity index (χ4n) is 3.34. The number of hydrogen-bond acceptors (Lipinski definition) is 4. The van der Waals surface area contributed by atoms with E-state index < -0.39 is 0 Å². The first-order valence-electron chi connectivity index (χ1n) is 8.30. The summed E-state index contributed by atoms with van der Waals surface area (Å²) in [4.78, 5) is 13.1. The first kappa shape index (κ1) is 16.0. The molecule has 0 saturated heterocycles. The average molecular weight is 323 g/mol. The minimum Gasteiger partial charge on any atom is -0.236 e. The van der Waals surface area contributed by atoms with Gasteiger partial charge in [-0.25, -0.2) is 9.97 Å². The van der Waals surface area contributed by atoms with Crippen molar-refractivity contribution in [3.8, 4) is 11.4 Å². The molecule has 0 radical (unpaired) electrons. The van der Waals surface area contributed by atoms with E-state index in [9.17, 15) is 0 Å². The third-order valence-electron chi connectivity index (χ3n) is 4.87. The van der Waals surface area contributed by atoms with E-state index >= 15 is 0 Å². The third-order valence-corrected chi connectivity index (χ3v) is 4.96. The van der Waals surface area contributed by atoms with Crippen LogP contribution >= 0.6 is 12.2 Å². The lowest BCUT2D eigenvalue weighted by Gasteiger charge is -2.27. The molecule has 0 aliphatic heterocycles. The molecule has 1 saturated carbocycles. The van der Waals surface area contributed by atoms with Gasteiger partial charge in [0.15, 0.2) is 5.82 Å². The molecule has 0 atom stereocenters. The zero-order chi connectivity index (χ0) is 16.1. The highest BCUT2D eigenvalue weighted by Crippen LogP contribution is 2.36. The predicted octanol–water partition coefficient (Wildman–Crippen LogP) is 5.56. The highest BCUT2D eigenvalue weighted by molar-refractivity contribution is 7.78. The molecule has 1 aliphatic carbocycles. The Labute approximate surface area is 142 Å². The Morgan fingerprint density at radius 1 is 1.09 bits per heavy atom. The fraction of sp³-hybridized carbons (Fsp3) is 0.421. The minimum atomic E-state index is 0.631. The van der Waals surface area contributed by atoms with Gasteiger partial charge in [0, 0.05) is 18.0 Å². The van der Waals surface area contributed by atoms with Crippen LogP contribution in [0.5, 0.6) is 0 Å². The van der Waals surface area contributed by atoms with E-state index in [0.717, 1.165) is 23.0 Å². The van der Waals surface area contributed by atoms with Crippen LogP contribution in [0.4, 0.5) is 5.69 Å². The molecular formula is C19H21N3S. The lowest BCUT2D eigenvalue weighted by molar-refractivity contribution is 0.318. The molecule has 23 heavy (non-hydrogen) atoms. The third kappa shape index (κ3) is 3.90. The van der Waals surface area contributed by atoms with Crippen molar-refractivity contribution in [3.05, 3.63) is 42.2 Å². The Morgan fingerprint density at radius 3 is 2.30 bits per heavy atom. The van der Waals surface area contributed by atoms with Gasteiger partial charge in [0.05, 0.1) is 10.8 Å². The number of benzene rings is 1. The van der Waals surface area contributed by atoms with E-state index in [1.54, 1.807) is 0 Å². The van der Waals surface area contributed by atoms with Crippen molar-refractivity contribution in [2.75, 3.05) is 0 Å². The first-order chi connectivity index (χ1) is 11.3. The van der Waals surface area contributed by atoms with E-state index in [2.05, 4.69) is 39.3 Å². The van der Waals surface area contributed by atoms with E-state index in [0.29, 0.717) is 5.92 Å².